The van der Waals surface area contributed by atoms with Gasteiger partial charge in [-0.15, -0.1) is 0 Å². The highest BCUT2D eigenvalue weighted by Crippen LogP contribution is 2.13. The third kappa shape index (κ3) is 9.49. The Labute approximate surface area is 177 Å². The lowest BCUT2D eigenvalue weighted by atomic mass is 10.1. The van der Waals surface area contributed by atoms with E-state index < -0.39 is 6.67 Å². The fourth-order valence-corrected chi connectivity index (χ4v) is 2.44. The first-order chi connectivity index (χ1) is 14.7. The number of halogens is 1. The molecule has 2 aromatic carbocycles. The zero-order valence-corrected chi connectivity index (χ0v) is 17.2. The largest absolute Gasteiger partial charge is 0.491 e. The summed E-state index contributed by atoms with van der Waals surface area (Å²) in [5, 5.41) is 3.05. The van der Waals surface area contributed by atoms with Gasteiger partial charge >= 0.3 is 0 Å². The number of hydrogen-bond donors (Lipinski definition) is 1. The second kappa shape index (κ2) is 14.1. The molecule has 0 fully saturated rings. The first-order valence-corrected chi connectivity index (χ1v) is 9.83. The molecule has 0 aliphatic heterocycles. The molecule has 0 saturated carbocycles. The smallest absolute Gasteiger partial charge is 0.178 e. The van der Waals surface area contributed by atoms with Crippen molar-refractivity contribution in [2.75, 3.05) is 52.1 Å². The average molecular weight is 412 g/mol. The van der Waals surface area contributed by atoms with Crippen molar-refractivity contribution in [2.24, 2.45) is 0 Å². The van der Waals surface area contributed by atoms with Gasteiger partial charge in [0.2, 0.25) is 0 Å². The van der Waals surface area contributed by atoms with Crippen molar-refractivity contribution in [2.45, 2.75) is 0 Å². The lowest BCUT2D eigenvalue weighted by molar-refractivity contribution is -0.110. The number of allylic oxidation sites excluding steroid dienone is 2. The first-order valence-electron chi connectivity index (χ1n) is 9.83. The van der Waals surface area contributed by atoms with Crippen LogP contribution < -0.4 is 10.1 Å². The van der Waals surface area contributed by atoms with Crippen LogP contribution in [0.3, 0.4) is 0 Å². The molecule has 0 aromatic heterocycles. The van der Waals surface area contributed by atoms with Crippen LogP contribution in [0.1, 0.15) is 11.1 Å². The summed E-state index contributed by atoms with van der Waals surface area (Å²) in [4.78, 5) is 12.0. The molecule has 2 aromatic rings. The van der Waals surface area contributed by atoms with E-state index in [9.17, 15) is 9.18 Å². The minimum absolute atomic E-state index is 0.0827. The molecule has 0 amide bonds. The average Bonchev–Trinajstić information content (AvgIpc) is 2.79. The summed E-state index contributed by atoms with van der Waals surface area (Å²) in [7, 11) is 1.86. The van der Waals surface area contributed by atoms with E-state index in [-0.39, 0.29) is 12.4 Å². The van der Waals surface area contributed by atoms with Crippen LogP contribution >= 0.6 is 0 Å². The number of hydrogen-bond acceptors (Lipinski definition) is 5. The molecular weight excluding hydrogens is 384 g/mol. The Kier molecular flexibility index (Phi) is 11.0. The van der Waals surface area contributed by atoms with E-state index >= 15 is 0 Å². The second-order valence-electron chi connectivity index (χ2n) is 6.27. The molecule has 0 aliphatic carbocycles. The number of anilines is 1. The van der Waals surface area contributed by atoms with Crippen molar-refractivity contribution in [3.8, 4) is 5.75 Å². The van der Waals surface area contributed by atoms with Crippen molar-refractivity contribution >= 4 is 23.6 Å². The lowest BCUT2D eigenvalue weighted by Crippen LogP contribution is -2.11. The van der Waals surface area contributed by atoms with Gasteiger partial charge in [0.25, 0.3) is 0 Å². The van der Waals surface area contributed by atoms with E-state index in [1.165, 1.54) is 6.08 Å². The molecule has 0 spiro atoms. The summed E-state index contributed by atoms with van der Waals surface area (Å²) in [5.41, 5.74) is 2.90. The molecule has 0 saturated heterocycles. The number of carbonyl (C=O) groups is 1. The summed E-state index contributed by atoms with van der Waals surface area (Å²) in [6.07, 6.45) is 6.64. The Morgan fingerprint density at radius 2 is 1.37 bits per heavy atom. The monoisotopic (exact) mass is 412 g/mol. The van der Waals surface area contributed by atoms with Crippen LogP contribution in [0.4, 0.5) is 10.1 Å². The summed E-state index contributed by atoms with van der Waals surface area (Å²) >= 11 is 0. The van der Waals surface area contributed by atoms with Crippen LogP contribution in [-0.2, 0) is 14.3 Å². The van der Waals surface area contributed by atoms with E-state index in [4.69, 9.17) is 14.2 Å². The maximum Gasteiger partial charge on any atom is 0.178 e. The number of carbonyl (C=O) groups excluding carboxylic acids is 1. The zero-order chi connectivity index (χ0) is 21.4. The van der Waals surface area contributed by atoms with Gasteiger partial charge in [-0.3, -0.25) is 4.79 Å². The molecule has 30 heavy (non-hydrogen) atoms. The van der Waals surface area contributed by atoms with Gasteiger partial charge in [0.05, 0.1) is 26.4 Å². The normalized spacial score (nSPS) is 11.3. The van der Waals surface area contributed by atoms with Crippen LogP contribution in [0.25, 0.3) is 12.2 Å². The van der Waals surface area contributed by atoms with Gasteiger partial charge < -0.3 is 19.5 Å². The van der Waals surface area contributed by atoms with Crippen molar-refractivity contribution in [1.29, 1.82) is 0 Å². The molecule has 0 aliphatic rings. The molecule has 0 radical (unpaired) electrons. The minimum atomic E-state index is -0.481. The fourth-order valence-electron chi connectivity index (χ4n) is 2.44. The minimum Gasteiger partial charge on any atom is -0.491 e. The third-order valence-electron chi connectivity index (χ3n) is 4.05. The molecule has 0 unspecified atom stereocenters. The van der Waals surface area contributed by atoms with Crippen LogP contribution in [0, 0.1) is 0 Å². The number of benzene rings is 2. The molecule has 5 nitrogen and oxygen atoms in total. The second-order valence-corrected chi connectivity index (χ2v) is 6.27. The quantitative estimate of drug-likeness (QED) is 0.368. The maximum absolute atomic E-state index is 12.0. The van der Waals surface area contributed by atoms with Gasteiger partial charge in [-0.05, 0) is 47.5 Å². The van der Waals surface area contributed by atoms with Gasteiger partial charge in [0.1, 0.15) is 19.0 Å². The number of ether oxygens (including phenoxy) is 3. The number of alkyl halides is 1. The highest BCUT2D eigenvalue weighted by molar-refractivity contribution is 6.04. The van der Waals surface area contributed by atoms with Gasteiger partial charge in [-0.1, -0.05) is 36.4 Å². The third-order valence-corrected chi connectivity index (χ3v) is 4.05. The number of ketones is 1. The molecular formula is C24H28FNO4. The number of rotatable bonds is 14. The Bertz CT molecular complexity index is 801. The zero-order valence-electron chi connectivity index (χ0n) is 17.2. The van der Waals surface area contributed by atoms with E-state index in [0.29, 0.717) is 26.4 Å². The van der Waals surface area contributed by atoms with Crippen LogP contribution in [0.15, 0.2) is 60.7 Å². The molecule has 6 heteroatoms. The van der Waals surface area contributed by atoms with Crippen LogP contribution in [0.2, 0.25) is 0 Å². The van der Waals surface area contributed by atoms with Gasteiger partial charge in [0.15, 0.2) is 5.78 Å². The van der Waals surface area contributed by atoms with Crippen molar-refractivity contribution < 1.29 is 23.4 Å². The van der Waals surface area contributed by atoms with Crippen molar-refractivity contribution in [3.05, 3.63) is 71.8 Å². The van der Waals surface area contributed by atoms with E-state index in [1.807, 2.05) is 55.6 Å². The summed E-state index contributed by atoms with van der Waals surface area (Å²) in [5.74, 6) is 0.640. The summed E-state index contributed by atoms with van der Waals surface area (Å²) in [6, 6.07) is 15.3. The summed E-state index contributed by atoms with van der Waals surface area (Å²) in [6.45, 7) is 1.26. The van der Waals surface area contributed by atoms with Crippen LogP contribution in [-0.4, -0.2) is 52.5 Å². The molecule has 2 rings (SSSR count). The Morgan fingerprint density at radius 1 is 0.833 bits per heavy atom. The molecule has 1 N–H and O–H groups in total. The van der Waals surface area contributed by atoms with Crippen molar-refractivity contribution in [3.63, 3.8) is 0 Å². The van der Waals surface area contributed by atoms with Crippen LogP contribution in [0.5, 0.6) is 5.75 Å². The highest BCUT2D eigenvalue weighted by Gasteiger charge is 1.96. The molecule has 160 valence electrons. The van der Waals surface area contributed by atoms with E-state index in [2.05, 4.69) is 5.32 Å². The summed E-state index contributed by atoms with van der Waals surface area (Å²) < 4.78 is 27.7. The molecule has 0 bridgehead atoms. The van der Waals surface area contributed by atoms with E-state index in [0.717, 1.165) is 22.6 Å². The predicted molar refractivity (Wildman–Crippen MR) is 119 cm³/mol. The predicted octanol–water partition coefficient (Wildman–Crippen LogP) is 4.41. The highest BCUT2D eigenvalue weighted by atomic mass is 18.2. The Morgan fingerprint density at radius 3 is 1.93 bits per heavy atom. The molecule has 0 heterocycles. The first kappa shape index (κ1) is 23.3. The Hall–Kier alpha value is -2.96. The fraction of sp³-hybridized carbons (Fsp3) is 0.292. The Balaban J connectivity index is 1.69. The number of nitrogens with one attached hydrogen (secondary N) is 1. The standard InChI is InChI=1S/C24H28FNO4/c1-26-22-8-2-20(3-9-22)4-10-23(27)11-5-21-6-12-24(13-7-21)30-19-18-29-17-16-28-15-14-25/h2-13,26H,14-19H2,1H3/b10-4+,11-5+/i25-1. The van der Waals surface area contributed by atoms with Gasteiger partial charge in [-0.2, -0.15) is 0 Å². The van der Waals surface area contributed by atoms with E-state index in [1.54, 1.807) is 18.2 Å². The van der Waals surface area contributed by atoms with Crippen molar-refractivity contribution in [1.82, 2.24) is 0 Å². The topological polar surface area (TPSA) is 56.8 Å². The molecule has 0 atom stereocenters. The maximum atomic E-state index is 12.0. The van der Waals surface area contributed by atoms with Gasteiger partial charge in [-0.25, -0.2) is 4.39 Å². The lowest BCUT2D eigenvalue weighted by Gasteiger charge is -2.07. The SMILES string of the molecule is CNc1ccc(/C=C/C(=O)/C=C/c2ccc(OCCOCCOCC[18F])cc2)cc1. The van der Waals surface area contributed by atoms with Gasteiger partial charge in [0, 0.05) is 12.7 Å².